The minimum Gasteiger partial charge on any atom is -0.396 e. The van der Waals surface area contributed by atoms with E-state index < -0.39 is 0 Å². The Morgan fingerprint density at radius 1 is 1.26 bits per heavy atom. The molecule has 0 saturated carbocycles. The Morgan fingerprint density at radius 3 is 2.83 bits per heavy atom. The molecule has 0 aliphatic carbocycles. The van der Waals surface area contributed by atoms with Gasteiger partial charge in [-0.3, -0.25) is 4.90 Å². The average molecular weight is 312 g/mol. The summed E-state index contributed by atoms with van der Waals surface area (Å²) in [6.45, 7) is 5.03. The molecule has 3 rings (SSSR count). The second-order valence-corrected chi connectivity index (χ2v) is 6.25. The highest BCUT2D eigenvalue weighted by atomic mass is 16.3. The van der Waals surface area contributed by atoms with Crippen LogP contribution in [0.5, 0.6) is 0 Å². The Morgan fingerprint density at radius 2 is 2.09 bits per heavy atom. The molecule has 2 heterocycles. The van der Waals surface area contributed by atoms with E-state index in [9.17, 15) is 5.11 Å². The van der Waals surface area contributed by atoms with Gasteiger partial charge in [0.1, 0.15) is 12.1 Å². The molecule has 5 nitrogen and oxygen atoms in total. The lowest BCUT2D eigenvalue weighted by molar-refractivity contribution is 0.115. The van der Waals surface area contributed by atoms with Crippen LogP contribution in [0.15, 0.2) is 42.7 Å². The molecule has 2 N–H and O–H groups in total. The Balaban J connectivity index is 1.66. The second kappa shape index (κ2) is 7.53. The number of likely N-dealkylation sites (tertiary alicyclic amines) is 1. The minimum absolute atomic E-state index is 0.201. The fraction of sp³-hybridized carbons (Fsp3) is 0.444. The normalized spacial score (nSPS) is 22.0. The van der Waals surface area contributed by atoms with Crippen molar-refractivity contribution in [3.63, 3.8) is 0 Å². The molecule has 2 aromatic rings. The molecule has 122 valence electrons. The number of hydrogen-bond acceptors (Lipinski definition) is 5. The van der Waals surface area contributed by atoms with Crippen LogP contribution in [0.4, 0.5) is 5.82 Å². The van der Waals surface area contributed by atoms with E-state index in [4.69, 9.17) is 0 Å². The van der Waals surface area contributed by atoms with Gasteiger partial charge in [0.15, 0.2) is 0 Å². The van der Waals surface area contributed by atoms with E-state index in [2.05, 4.69) is 44.5 Å². The quantitative estimate of drug-likeness (QED) is 0.885. The van der Waals surface area contributed by atoms with Crippen LogP contribution in [0.25, 0.3) is 0 Å². The van der Waals surface area contributed by atoms with E-state index in [1.54, 1.807) is 6.33 Å². The minimum atomic E-state index is 0.201. The van der Waals surface area contributed by atoms with Gasteiger partial charge >= 0.3 is 0 Å². The number of rotatable bonds is 5. The molecule has 0 amide bonds. The van der Waals surface area contributed by atoms with Crippen LogP contribution >= 0.6 is 0 Å². The fourth-order valence-electron chi connectivity index (χ4n) is 3.16. The van der Waals surface area contributed by atoms with E-state index in [0.29, 0.717) is 0 Å². The van der Waals surface area contributed by atoms with E-state index >= 15 is 0 Å². The number of aliphatic hydroxyl groups excluding tert-OH is 1. The van der Waals surface area contributed by atoms with Crippen LogP contribution in [0.3, 0.4) is 0 Å². The maximum atomic E-state index is 9.68. The molecule has 0 bridgehead atoms. The Hall–Kier alpha value is -1.98. The molecule has 1 saturated heterocycles. The number of anilines is 1. The summed E-state index contributed by atoms with van der Waals surface area (Å²) in [4.78, 5) is 10.9. The summed E-state index contributed by atoms with van der Waals surface area (Å²) in [6.07, 6.45) is 2.57. The number of hydrogen-bond donors (Lipinski definition) is 2. The maximum Gasteiger partial charge on any atom is 0.129 e. The van der Waals surface area contributed by atoms with Crippen molar-refractivity contribution in [3.8, 4) is 0 Å². The van der Waals surface area contributed by atoms with Gasteiger partial charge in [0.05, 0.1) is 0 Å². The Kier molecular flexibility index (Phi) is 5.20. The molecular formula is C18H24N4O. The summed E-state index contributed by atoms with van der Waals surface area (Å²) in [5.41, 5.74) is 2.27. The van der Waals surface area contributed by atoms with Crippen molar-refractivity contribution in [1.29, 1.82) is 0 Å². The molecule has 0 spiro atoms. The third kappa shape index (κ3) is 4.27. The summed E-state index contributed by atoms with van der Waals surface area (Å²) in [7, 11) is 0. The van der Waals surface area contributed by atoms with Gasteiger partial charge in [-0.2, -0.15) is 0 Å². The van der Waals surface area contributed by atoms with Crippen molar-refractivity contribution in [2.24, 2.45) is 5.92 Å². The van der Waals surface area contributed by atoms with Crippen molar-refractivity contribution >= 4 is 5.82 Å². The highest BCUT2D eigenvalue weighted by Crippen LogP contribution is 2.22. The van der Waals surface area contributed by atoms with Crippen molar-refractivity contribution in [3.05, 3.63) is 54.0 Å². The zero-order valence-electron chi connectivity index (χ0n) is 13.5. The Labute approximate surface area is 137 Å². The van der Waals surface area contributed by atoms with Crippen LogP contribution in [-0.2, 0) is 6.54 Å². The summed E-state index contributed by atoms with van der Waals surface area (Å²) in [6, 6.07) is 12.7. The first kappa shape index (κ1) is 15.9. The van der Waals surface area contributed by atoms with E-state index in [0.717, 1.165) is 37.6 Å². The van der Waals surface area contributed by atoms with Crippen molar-refractivity contribution in [2.45, 2.75) is 25.9 Å². The van der Waals surface area contributed by atoms with Gasteiger partial charge in [-0.15, -0.1) is 0 Å². The summed E-state index contributed by atoms with van der Waals surface area (Å²) < 4.78 is 0. The molecule has 1 fully saturated rings. The molecule has 0 unspecified atom stereocenters. The van der Waals surface area contributed by atoms with Crippen LogP contribution in [0.2, 0.25) is 0 Å². The number of aryl methyl sites for hydroxylation is 1. The Bertz CT molecular complexity index is 619. The second-order valence-electron chi connectivity index (χ2n) is 6.25. The standard InChI is InChI=1S/C18H24N4O/c1-14-9-18(20-13-19-14)21-17-11-22(8-7-16(17)12-23)10-15-5-3-2-4-6-15/h2-6,9,13,16-17,23H,7-8,10-12H2,1H3,(H,19,20,21)/t16-,17-/m1/s1. The topological polar surface area (TPSA) is 61.3 Å². The van der Waals surface area contributed by atoms with E-state index in [1.807, 2.05) is 19.1 Å². The molecule has 23 heavy (non-hydrogen) atoms. The van der Waals surface area contributed by atoms with Gasteiger partial charge in [0, 0.05) is 43.4 Å². The molecule has 5 heteroatoms. The smallest absolute Gasteiger partial charge is 0.129 e. The molecule has 1 aliphatic rings. The zero-order valence-corrected chi connectivity index (χ0v) is 13.5. The molecule has 0 radical (unpaired) electrons. The van der Waals surface area contributed by atoms with Crippen LogP contribution in [-0.4, -0.2) is 45.7 Å². The fourth-order valence-corrected chi connectivity index (χ4v) is 3.16. The number of aromatic nitrogens is 2. The van der Waals surface area contributed by atoms with Crippen LogP contribution in [0, 0.1) is 12.8 Å². The first-order chi connectivity index (χ1) is 11.2. The molecule has 1 aliphatic heterocycles. The van der Waals surface area contributed by atoms with Gasteiger partial charge in [0.2, 0.25) is 0 Å². The average Bonchev–Trinajstić information content (AvgIpc) is 2.56. The maximum absolute atomic E-state index is 9.68. The molecule has 1 aromatic heterocycles. The SMILES string of the molecule is Cc1cc(N[C@@H]2CN(Cc3ccccc3)CC[C@@H]2CO)ncn1. The summed E-state index contributed by atoms with van der Waals surface area (Å²) in [5, 5.41) is 13.2. The van der Waals surface area contributed by atoms with Gasteiger partial charge in [-0.05, 0) is 25.5 Å². The largest absolute Gasteiger partial charge is 0.396 e. The first-order valence-electron chi connectivity index (χ1n) is 8.17. The molecular weight excluding hydrogens is 288 g/mol. The van der Waals surface area contributed by atoms with Gasteiger partial charge in [-0.25, -0.2) is 9.97 Å². The number of nitrogens with one attached hydrogen (secondary N) is 1. The summed E-state index contributed by atoms with van der Waals surface area (Å²) >= 11 is 0. The lowest BCUT2D eigenvalue weighted by Gasteiger charge is -2.38. The predicted octanol–water partition coefficient (Wildman–Crippen LogP) is 2.08. The van der Waals surface area contributed by atoms with Crippen molar-refractivity contribution in [2.75, 3.05) is 25.0 Å². The third-order valence-corrected chi connectivity index (χ3v) is 4.46. The number of nitrogens with zero attached hydrogens (tertiary/aromatic N) is 3. The third-order valence-electron chi connectivity index (χ3n) is 4.46. The molecule has 1 aromatic carbocycles. The first-order valence-corrected chi connectivity index (χ1v) is 8.17. The lowest BCUT2D eigenvalue weighted by atomic mass is 9.92. The number of piperidine rings is 1. The van der Waals surface area contributed by atoms with Crippen LogP contribution in [0.1, 0.15) is 17.7 Å². The van der Waals surface area contributed by atoms with E-state index in [-0.39, 0.29) is 18.6 Å². The lowest BCUT2D eigenvalue weighted by Crippen LogP contribution is -2.48. The highest BCUT2D eigenvalue weighted by Gasteiger charge is 2.29. The van der Waals surface area contributed by atoms with Gasteiger partial charge < -0.3 is 10.4 Å². The van der Waals surface area contributed by atoms with Crippen molar-refractivity contribution in [1.82, 2.24) is 14.9 Å². The van der Waals surface area contributed by atoms with E-state index in [1.165, 1.54) is 5.56 Å². The molecule has 2 atom stereocenters. The number of aliphatic hydroxyl groups is 1. The number of benzene rings is 1. The van der Waals surface area contributed by atoms with Gasteiger partial charge in [0.25, 0.3) is 0 Å². The summed E-state index contributed by atoms with van der Waals surface area (Å²) in [5.74, 6) is 1.10. The monoisotopic (exact) mass is 312 g/mol. The van der Waals surface area contributed by atoms with Gasteiger partial charge in [-0.1, -0.05) is 30.3 Å². The highest BCUT2D eigenvalue weighted by molar-refractivity contribution is 5.36. The van der Waals surface area contributed by atoms with Crippen molar-refractivity contribution < 1.29 is 5.11 Å². The zero-order chi connectivity index (χ0) is 16.1. The predicted molar refractivity (Wildman–Crippen MR) is 91.1 cm³/mol. The van der Waals surface area contributed by atoms with Crippen LogP contribution < -0.4 is 5.32 Å².